The third kappa shape index (κ3) is 3.08. The largest absolute Gasteiger partial charge is 0.382 e. The van der Waals surface area contributed by atoms with E-state index in [0.29, 0.717) is 23.3 Å². The molecular formula is C20H20N6O. The van der Waals surface area contributed by atoms with Crippen molar-refractivity contribution in [2.75, 3.05) is 5.73 Å². The molecule has 0 unspecified atom stereocenters. The van der Waals surface area contributed by atoms with E-state index < -0.39 is 0 Å². The van der Waals surface area contributed by atoms with Gasteiger partial charge in [0, 0.05) is 5.56 Å². The third-order valence-electron chi connectivity index (χ3n) is 4.52. The molecular weight excluding hydrogens is 340 g/mol. The maximum atomic E-state index is 6.25. The van der Waals surface area contributed by atoms with Crippen molar-refractivity contribution in [1.82, 2.24) is 25.1 Å². The molecule has 2 heterocycles. The highest BCUT2D eigenvalue weighted by atomic mass is 16.5. The van der Waals surface area contributed by atoms with Gasteiger partial charge >= 0.3 is 0 Å². The summed E-state index contributed by atoms with van der Waals surface area (Å²) < 4.78 is 6.95. The van der Waals surface area contributed by atoms with Crippen molar-refractivity contribution in [1.29, 1.82) is 0 Å². The zero-order valence-electron chi connectivity index (χ0n) is 15.4. The molecule has 27 heavy (non-hydrogen) atoms. The molecule has 2 aromatic heterocycles. The predicted molar refractivity (Wildman–Crippen MR) is 103 cm³/mol. The third-order valence-corrected chi connectivity index (χ3v) is 4.52. The predicted octanol–water partition coefficient (Wildman–Crippen LogP) is 4.00. The minimum Gasteiger partial charge on any atom is -0.382 e. The lowest BCUT2D eigenvalue weighted by molar-refractivity contribution is 0.431. The Morgan fingerprint density at radius 3 is 2.48 bits per heavy atom. The van der Waals surface area contributed by atoms with Crippen molar-refractivity contribution < 1.29 is 4.52 Å². The number of nitrogen functional groups attached to an aromatic ring is 1. The summed E-state index contributed by atoms with van der Waals surface area (Å²) in [4.78, 5) is 4.44. The van der Waals surface area contributed by atoms with Crippen molar-refractivity contribution in [3.63, 3.8) is 0 Å². The van der Waals surface area contributed by atoms with Crippen LogP contribution in [0.4, 0.5) is 5.82 Å². The van der Waals surface area contributed by atoms with Gasteiger partial charge in [0.25, 0.3) is 5.89 Å². The van der Waals surface area contributed by atoms with Gasteiger partial charge in [0.15, 0.2) is 11.5 Å². The Kier molecular flexibility index (Phi) is 4.19. The van der Waals surface area contributed by atoms with Gasteiger partial charge in [-0.3, -0.25) is 0 Å². The van der Waals surface area contributed by atoms with Crippen LogP contribution in [0.2, 0.25) is 0 Å². The zero-order chi connectivity index (χ0) is 19.0. The van der Waals surface area contributed by atoms with E-state index in [4.69, 9.17) is 10.3 Å². The number of nitrogens with zero attached hydrogens (tertiary/aromatic N) is 5. The van der Waals surface area contributed by atoms with E-state index in [9.17, 15) is 0 Å². The Morgan fingerprint density at radius 1 is 1.04 bits per heavy atom. The summed E-state index contributed by atoms with van der Waals surface area (Å²) in [5, 5.41) is 12.4. The number of nitrogens with two attached hydrogens (primary N) is 1. The molecule has 0 bridgehead atoms. The molecule has 0 aliphatic rings. The van der Waals surface area contributed by atoms with E-state index in [1.807, 2.05) is 43.3 Å². The minimum absolute atomic E-state index is 0.246. The Hall–Kier alpha value is -3.48. The van der Waals surface area contributed by atoms with Crippen molar-refractivity contribution in [3.8, 4) is 28.7 Å². The minimum atomic E-state index is 0.246. The van der Waals surface area contributed by atoms with Gasteiger partial charge in [0.1, 0.15) is 0 Å². The number of rotatable bonds is 4. The van der Waals surface area contributed by atoms with Crippen LogP contribution in [0, 0.1) is 6.92 Å². The molecule has 2 aromatic carbocycles. The average Bonchev–Trinajstić information content (AvgIpc) is 3.29. The van der Waals surface area contributed by atoms with Crippen LogP contribution in [-0.2, 0) is 0 Å². The normalized spacial score (nSPS) is 11.3. The Balaban J connectivity index is 1.68. The van der Waals surface area contributed by atoms with Crippen LogP contribution in [0.25, 0.3) is 28.7 Å². The highest BCUT2D eigenvalue weighted by molar-refractivity contribution is 5.67. The SMILES string of the molecule is Cc1ccccc1-c1noc(-c2nnn(-c3ccc(C(C)C)cc3)c2N)n1. The van der Waals surface area contributed by atoms with Crippen molar-refractivity contribution in [3.05, 3.63) is 59.7 Å². The molecule has 0 radical (unpaired) electrons. The summed E-state index contributed by atoms with van der Waals surface area (Å²) in [5.41, 5.74) is 10.7. The summed E-state index contributed by atoms with van der Waals surface area (Å²) in [7, 11) is 0. The van der Waals surface area contributed by atoms with Gasteiger partial charge < -0.3 is 10.3 Å². The van der Waals surface area contributed by atoms with Crippen LogP contribution < -0.4 is 5.73 Å². The van der Waals surface area contributed by atoms with E-state index in [2.05, 4.69) is 46.4 Å². The topological polar surface area (TPSA) is 95.7 Å². The second kappa shape index (κ2) is 6.68. The van der Waals surface area contributed by atoms with E-state index >= 15 is 0 Å². The summed E-state index contributed by atoms with van der Waals surface area (Å²) in [6.45, 7) is 6.30. The van der Waals surface area contributed by atoms with E-state index in [-0.39, 0.29) is 5.89 Å². The molecule has 0 spiro atoms. The van der Waals surface area contributed by atoms with Gasteiger partial charge in [0.2, 0.25) is 5.82 Å². The molecule has 2 N–H and O–H groups in total. The van der Waals surface area contributed by atoms with E-state index in [1.54, 1.807) is 4.68 Å². The summed E-state index contributed by atoms with van der Waals surface area (Å²) in [6, 6.07) is 15.9. The van der Waals surface area contributed by atoms with Gasteiger partial charge in [-0.25, -0.2) is 0 Å². The first-order chi connectivity index (χ1) is 13.0. The number of hydrogen-bond donors (Lipinski definition) is 1. The van der Waals surface area contributed by atoms with Crippen molar-refractivity contribution >= 4 is 5.82 Å². The molecule has 0 saturated carbocycles. The van der Waals surface area contributed by atoms with Gasteiger partial charge in [-0.15, -0.1) is 5.10 Å². The van der Waals surface area contributed by atoms with Crippen LogP contribution in [0.15, 0.2) is 53.1 Å². The molecule has 4 rings (SSSR count). The monoisotopic (exact) mass is 360 g/mol. The smallest absolute Gasteiger partial charge is 0.282 e. The first-order valence-corrected chi connectivity index (χ1v) is 8.76. The molecule has 0 atom stereocenters. The van der Waals surface area contributed by atoms with E-state index in [1.165, 1.54) is 5.56 Å². The molecule has 0 amide bonds. The van der Waals surface area contributed by atoms with Gasteiger partial charge in [-0.05, 0) is 36.1 Å². The Morgan fingerprint density at radius 2 is 1.78 bits per heavy atom. The Labute approximate surface area is 156 Å². The van der Waals surface area contributed by atoms with Crippen LogP contribution in [0.5, 0.6) is 0 Å². The Bertz CT molecular complexity index is 1080. The number of aromatic nitrogens is 5. The maximum absolute atomic E-state index is 6.25. The molecule has 136 valence electrons. The number of benzene rings is 2. The lowest BCUT2D eigenvalue weighted by Crippen LogP contribution is -2.02. The van der Waals surface area contributed by atoms with Crippen LogP contribution in [0.3, 0.4) is 0 Å². The second-order valence-corrected chi connectivity index (χ2v) is 6.72. The highest BCUT2D eigenvalue weighted by Gasteiger charge is 2.20. The molecule has 0 aliphatic carbocycles. The first kappa shape index (κ1) is 17.0. The molecule has 0 fully saturated rings. The number of hydrogen-bond acceptors (Lipinski definition) is 6. The van der Waals surface area contributed by atoms with Crippen molar-refractivity contribution in [2.24, 2.45) is 0 Å². The fraction of sp³-hybridized carbons (Fsp3) is 0.200. The van der Waals surface area contributed by atoms with Crippen LogP contribution >= 0.6 is 0 Å². The van der Waals surface area contributed by atoms with Gasteiger partial charge in [-0.2, -0.15) is 9.67 Å². The standard InChI is InChI=1S/C20H20N6O/c1-12(2)14-8-10-15(11-9-14)26-18(21)17(23-25-26)20-22-19(24-27-20)16-7-5-4-6-13(16)3/h4-12H,21H2,1-3H3. The van der Waals surface area contributed by atoms with Crippen LogP contribution in [-0.4, -0.2) is 25.1 Å². The number of anilines is 1. The first-order valence-electron chi connectivity index (χ1n) is 8.76. The van der Waals surface area contributed by atoms with Crippen molar-refractivity contribution in [2.45, 2.75) is 26.7 Å². The quantitative estimate of drug-likeness (QED) is 0.591. The summed E-state index contributed by atoms with van der Waals surface area (Å²) in [5.74, 6) is 1.56. The molecule has 0 saturated heterocycles. The molecule has 4 aromatic rings. The lowest BCUT2D eigenvalue weighted by Gasteiger charge is -2.07. The van der Waals surface area contributed by atoms with Crippen LogP contribution in [0.1, 0.15) is 30.9 Å². The summed E-state index contributed by atoms with van der Waals surface area (Å²) >= 11 is 0. The van der Waals surface area contributed by atoms with Gasteiger partial charge in [-0.1, -0.05) is 60.6 Å². The molecule has 0 aliphatic heterocycles. The van der Waals surface area contributed by atoms with E-state index in [0.717, 1.165) is 16.8 Å². The summed E-state index contributed by atoms with van der Waals surface area (Å²) in [6.07, 6.45) is 0. The molecule has 7 nitrogen and oxygen atoms in total. The second-order valence-electron chi connectivity index (χ2n) is 6.72. The lowest BCUT2D eigenvalue weighted by atomic mass is 10.0. The fourth-order valence-electron chi connectivity index (χ4n) is 2.89. The molecule has 7 heteroatoms. The highest BCUT2D eigenvalue weighted by Crippen LogP contribution is 2.27. The average molecular weight is 360 g/mol. The van der Waals surface area contributed by atoms with Gasteiger partial charge in [0.05, 0.1) is 5.69 Å². The maximum Gasteiger partial charge on any atom is 0.282 e. The fourth-order valence-corrected chi connectivity index (χ4v) is 2.89. The zero-order valence-corrected chi connectivity index (χ0v) is 15.4. The number of aryl methyl sites for hydroxylation is 1.